The molecule has 2 fully saturated rings. The van der Waals surface area contributed by atoms with Crippen molar-refractivity contribution in [2.45, 2.75) is 45.2 Å². The monoisotopic (exact) mass is 353 g/mol. The molecule has 2 aliphatic rings. The van der Waals surface area contributed by atoms with E-state index in [4.69, 9.17) is 4.42 Å². The molecule has 0 aromatic carbocycles. The van der Waals surface area contributed by atoms with Gasteiger partial charge < -0.3 is 9.32 Å². The number of carbonyl (C=O) groups excluding carboxylic acids is 1. The third-order valence-corrected chi connectivity index (χ3v) is 6.34. The first-order chi connectivity index (χ1) is 12.6. The Balaban J connectivity index is 1.28. The van der Waals surface area contributed by atoms with Crippen LogP contribution in [0.2, 0.25) is 0 Å². The van der Waals surface area contributed by atoms with Crippen LogP contribution in [-0.2, 0) is 6.54 Å². The van der Waals surface area contributed by atoms with Gasteiger partial charge >= 0.3 is 0 Å². The van der Waals surface area contributed by atoms with Crippen LogP contribution in [0.25, 0.3) is 0 Å². The molecule has 4 rings (SSSR count). The molecule has 0 bridgehead atoms. The van der Waals surface area contributed by atoms with E-state index in [1.807, 2.05) is 24.2 Å². The average molecular weight is 353 g/mol. The Labute approximate surface area is 155 Å². The topological polar surface area (TPSA) is 49.6 Å². The first kappa shape index (κ1) is 17.3. The smallest absolute Gasteiger partial charge is 0.257 e. The number of pyridine rings is 1. The minimum atomic E-state index is 0.122. The number of piperidine rings is 1. The number of furan rings is 1. The van der Waals surface area contributed by atoms with Crippen LogP contribution >= 0.6 is 0 Å². The fraction of sp³-hybridized carbons (Fsp3) is 0.524. The Morgan fingerprint density at radius 3 is 2.58 bits per heavy atom. The zero-order valence-electron chi connectivity index (χ0n) is 15.6. The zero-order valence-corrected chi connectivity index (χ0v) is 15.6. The molecule has 1 saturated heterocycles. The highest BCUT2D eigenvalue weighted by atomic mass is 16.3. The molecule has 1 saturated carbocycles. The van der Waals surface area contributed by atoms with Gasteiger partial charge in [0.15, 0.2) is 0 Å². The number of aromatic nitrogens is 1. The van der Waals surface area contributed by atoms with E-state index in [2.05, 4.69) is 29.1 Å². The summed E-state index contributed by atoms with van der Waals surface area (Å²) in [6, 6.07) is 6.62. The van der Waals surface area contributed by atoms with Gasteiger partial charge in [-0.15, -0.1) is 0 Å². The highest BCUT2D eigenvalue weighted by Gasteiger charge is 2.47. The molecule has 1 aliphatic heterocycles. The highest BCUT2D eigenvalue weighted by Crippen LogP contribution is 2.51. The molecular formula is C21H27N3O2. The summed E-state index contributed by atoms with van der Waals surface area (Å²) in [5.41, 5.74) is 2.48. The van der Waals surface area contributed by atoms with E-state index in [1.165, 1.54) is 18.4 Å². The molecule has 0 N–H and O–H groups in total. The molecule has 0 radical (unpaired) electrons. The minimum absolute atomic E-state index is 0.122. The lowest BCUT2D eigenvalue weighted by Crippen LogP contribution is -2.54. The van der Waals surface area contributed by atoms with Gasteiger partial charge in [0.2, 0.25) is 0 Å². The maximum Gasteiger partial charge on any atom is 0.257 e. The summed E-state index contributed by atoms with van der Waals surface area (Å²) in [7, 11) is 2.22. The van der Waals surface area contributed by atoms with E-state index >= 15 is 0 Å². The van der Waals surface area contributed by atoms with Crippen molar-refractivity contribution < 1.29 is 9.21 Å². The fourth-order valence-corrected chi connectivity index (χ4v) is 4.53. The molecule has 0 atom stereocenters. The number of carbonyl (C=O) groups is 1. The Morgan fingerprint density at radius 2 is 1.96 bits per heavy atom. The minimum Gasteiger partial charge on any atom is -0.469 e. The van der Waals surface area contributed by atoms with Gasteiger partial charge in [0.05, 0.1) is 11.8 Å². The number of hydrogen-bond donors (Lipinski definition) is 0. The Bertz CT molecular complexity index is 755. The number of amides is 1. The van der Waals surface area contributed by atoms with E-state index in [0.29, 0.717) is 17.0 Å². The van der Waals surface area contributed by atoms with Crippen LogP contribution in [0, 0.1) is 12.3 Å². The molecule has 2 aromatic rings. The maximum atomic E-state index is 12.6. The Kier molecular flexibility index (Phi) is 4.57. The second-order valence-corrected chi connectivity index (χ2v) is 8.02. The predicted molar refractivity (Wildman–Crippen MR) is 99.7 cm³/mol. The lowest BCUT2D eigenvalue weighted by Gasteiger charge is -2.54. The summed E-state index contributed by atoms with van der Waals surface area (Å²) < 4.78 is 5.28. The van der Waals surface area contributed by atoms with Gasteiger partial charge in [-0.1, -0.05) is 0 Å². The van der Waals surface area contributed by atoms with Crippen molar-refractivity contribution in [3.05, 3.63) is 53.7 Å². The molecule has 1 spiro atoms. The lowest BCUT2D eigenvalue weighted by molar-refractivity contribution is -0.0328. The molecule has 0 unspecified atom stereocenters. The van der Waals surface area contributed by atoms with E-state index in [0.717, 1.165) is 38.2 Å². The Morgan fingerprint density at radius 1 is 1.27 bits per heavy atom. The third-order valence-electron chi connectivity index (χ3n) is 6.34. The largest absolute Gasteiger partial charge is 0.469 e. The van der Waals surface area contributed by atoms with E-state index in [-0.39, 0.29) is 5.91 Å². The molecule has 5 nitrogen and oxygen atoms in total. The van der Waals surface area contributed by atoms with Gasteiger partial charge in [-0.05, 0) is 68.8 Å². The molecule has 2 aromatic heterocycles. The van der Waals surface area contributed by atoms with Crippen molar-refractivity contribution in [2.24, 2.45) is 5.41 Å². The molecule has 5 heteroatoms. The van der Waals surface area contributed by atoms with E-state index < -0.39 is 0 Å². The summed E-state index contributed by atoms with van der Waals surface area (Å²) in [5.74, 6) is 0.841. The standard InChI is InChI=1S/C21H27N3O2/c1-16-19(5-12-26-16)20(25)24-10-6-21(7-11-24)13-18(14-21)23(2)15-17-3-8-22-9-4-17/h3-5,8-9,12,18H,6-7,10-11,13-15H2,1-2H3. The lowest BCUT2D eigenvalue weighted by atomic mass is 9.60. The van der Waals surface area contributed by atoms with Gasteiger partial charge in [0, 0.05) is 38.1 Å². The second-order valence-electron chi connectivity index (χ2n) is 8.02. The van der Waals surface area contributed by atoms with Crippen LogP contribution in [0.4, 0.5) is 0 Å². The van der Waals surface area contributed by atoms with Crippen LogP contribution < -0.4 is 0 Å². The van der Waals surface area contributed by atoms with Gasteiger partial charge in [-0.25, -0.2) is 0 Å². The fourth-order valence-electron chi connectivity index (χ4n) is 4.53. The summed E-state index contributed by atoms with van der Waals surface area (Å²) in [6.07, 6.45) is 10.1. The average Bonchev–Trinajstić information content (AvgIpc) is 3.06. The van der Waals surface area contributed by atoms with Gasteiger partial charge in [-0.2, -0.15) is 0 Å². The summed E-state index contributed by atoms with van der Waals surface area (Å²) in [4.78, 5) is 21.2. The van der Waals surface area contributed by atoms with Crippen LogP contribution in [0.3, 0.4) is 0 Å². The number of likely N-dealkylation sites (tertiary alicyclic amines) is 1. The summed E-state index contributed by atoms with van der Waals surface area (Å²) in [5, 5.41) is 0. The predicted octanol–water partition coefficient (Wildman–Crippen LogP) is 3.50. The number of aryl methyl sites for hydroxylation is 1. The van der Waals surface area contributed by atoms with Gasteiger partial charge in [0.1, 0.15) is 5.76 Å². The van der Waals surface area contributed by atoms with Crippen LogP contribution in [-0.4, -0.2) is 46.9 Å². The summed E-state index contributed by atoms with van der Waals surface area (Å²) >= 11 is 0. The quantitative estimate of drug-likeness (QED) is 0.844. The van der Waals surface area contributed by atoms with E-state index in [1.54, 1.807) is 12.3 Å². The number of rotatable bonds is 4. The molecule has 3 heterocycles. The van der Waals surface area contributed by atoms with Crippen molar-refractivity contribution in [3.8, 4) is 0 Å². The summed E-state index contributed by atoms with van der Waals surface area (Å²) in [6.45, 7) is 4.57. The van der Waals surface area contributed by atoms with Crippen LogP contribution in [0.1, 0.15) is 47.4 Å². The molecule has 138 valence electrons. The molecule has 1 aliphatic carbocycles. The van der Waals surface area contributed by atoms with E-state index in [9.17, 15) is 4.79 Å². The molecular weight excluding hydrogens is 326 g/mol. The molecule has 26 heavy (non-hydrogen) atoms. The normalized spacial score (nSPS) is 19.7. The maximum absolute atomic E-state index is 12.6. The van der Waals surface area contributed by atoms with Crippen molar-refractivity contribution >= 4 is 5.91 Å². The van der Waals surface area contributed by atoms with Crippen LogP contribution in [0.5, 0.6) is 0 Å². The van der Waals surface area contributed by atoms with Crippen molar-refractivity contribution in [1.82, 2.24) is 14.8 Å². The van der Waals surface area contributed by atoms with Gasteiger partial charge in [-0.3, -0.25) is 14.7 Å². The first-order valence-corrected chi connectivity index (χ1v) is 9.49. The van der Waals surface area contributed by atoms with Crippen molar-refractivity contribution in [3.63, 3.8) is 0 Å². The molecule has 1 amide bonds. The van der Waals surface area contributed by atoms with Crippen molar-refractivity contribution in [2.75, 3.05) is 20.1 Å². The van der Waals surface area contributed by atoms with Crippen molar-refractivity contribution in [1.29, 1.82) is 0 Å². The highest BCUT2D eigenvalue weighted by molar-refractivity contribution is 5.95. The SMILES string of the molecule is Cc1occc1C(=O)N1CCC2(CC1)CC(N(C)Cc1ccncc1)C2. The number of nitrogens with zero attached hydrogens (tertiary/aromatic N) is 3. The number of hydrogen-bond acceptors (Lipinski definition) is 4. The Hall–Kier alpha value is -2.14. The second kappa shape index (κ2) is 6.88. The first-order valence-electron chi connectivity index (χ1n) is 9.49. The third kappa shape index (κ3) is 3.28. The zero-order chi connectivity index (χ0) is 18.1. The van der Waals surface area contributed by atoms with Crippen LogP contribution in [0.15, 0.2) is 41.3 Å². The van der Waals surface area contributed by atoms with Gasteiger partial charge in [0.25, 0.3) is 5.91 Å².